The number of nitrogens with one attached hydrogen (secondary N) is 1. The topological polar surface area (TPSA) is 105 Å². The fourth-order valence-corrected chi connectivity index (χ4v) is 8.08. The monoisotopic (exact) mass is 868 g/mol. The van der Waals surface area contributed by atoms with Gasteiger partial charge in [0, 0.05) is 6.42 Å². The van der Waals surface area contributed by atoms with E-state index in [9.17, 15) is 19.4 Å². The maximum Gasteiger partial charge on any atom is 0.472 e. The van der Waals surface area contributed by atoms with Crippen LogP contribution in [0.15, 0.2) is 36.5 Å². The first-order valence-corrected chi connectivity index (χ1v) is 26.8. The Bertz CT molecular complexity index is 1070. The van der Waals surface area contributed by atoms with Crippen LogP contribution < -0.4 is 5.32 Å². The average Bonchev–Trinajstić information content (AvgIpc) is 3.20. The molecule has 8 nitrogen and oxygen atoms in total. The molecule has 60 heavy (non-hydrogen) atoms. The van der Waals surface area contributed by atoms with Gasteiger partial charge in [0.15, 0.2) is 0 Å². The number of phosphoric ester groups is 1. The van der Waals surface area contributed by atoms with Gasteiger partial charge in [-0.05, 0) is 51.4 Å². The van der Waals surface area contributed by atoms with Crippen molar-refractivity contribution in [2.45, 2.75) is 244 Å². The number of hydrogen-bond donors (Lipinski definition) is 3. The molecule has 9 heteroatoms. The van der Waals surface area contributed by atoms with Crippen LogP contribution in [0, 0.1) is 0 Å². The number of unbranched alkanes of at least 4 members (excludes halogenated alkanes) is 27. The summed E-state index contributed by atoms with van der Waals surface area (Å²) < 4.78 is 23.6. The van der Waals surface area contributed by atoms with Crippen molar-refractivity contribution >= 4 is 13.7 Å². The number of likely N-dealkylation sites (N-methyl/N-ethyl adjacent to an activating group) is 1. The smallest absolute Gasteiger partial charge is 0.391 e. The Morgan fingerprint density at radius 2 is 0.950 bits per heavy atom. The second kappa shape index (κ2) is 43.0. The van der Waals surface area contributed by atoms with Crippen LogP contribution in [0.25, 0.3) is 0 Å². The van der Waals surface area contributed by atoms with Crippen molar-refractivity contribution in [3.8, 4) is 0 Å². The minimum Gasteiger partial charge on any atom is -0.391 e. The van der Waals surface area contributed by atoms with Crippen LogP contribution in [0.1, 0.15) is 232 Å². The summed E-state index contributed by atoms with van der Waals surface area (Å²) in [6, 6.07) is -0.760. The van der Waals surface area contributed by atoms with E-state index in [-0.39, 0.29) is 19.1 Å². The van der Waals surface area contributed by atoms with Crippen LogP contribution in [0.3, 0.4) is 0 Å². The highest BCUT2D eigenvalue weighted by Gasteiger charge is 2.28. The number of phosphoric acid groups is 1. The quantitative estimate of drug-likeness (QED) is 0.0244. The molecule has 3 atom stereocenters. The highest BCUT2D eigenvalue weighted by molar-refractivity contribution is 7.47. The van der Waals surface area contributed by atoms with Gasteiger partial charge in [-0.15, -0.1) is 0 Å². The molecule has 0 aromatic rings. The molecule has 1 amide bonds. The van der Waals surface area contributed by atoms with E-state index in [1.807, 2.05) is 21.1 Å². The van der Waals surface area contributed by atoms with Gasteiger partial charge in [0.05, 0.1) is 39.9 Å². The largest absolute Gasteiger partial charge is 0.472 e. The summed E-state index contributed by atoms with van der Waals surface area (Å²) >= 11 is 0. The van der Waals surface area contributed by atoms with Gasteiger partial charge in [-0.1, -0.05) is 211 Å². The Labute approximate surface area is 372 Å². The van der Waals surface area contributed by atoms with Crippen molar-refractivity contribution in [3.05, 3.63) is 36.5 Å². The lowest BCUT2D eigenvalue weighted by molar-refractivity contribution is -0.870. The fourth-order valence-electron chi connectivity index (χ4n) is 7.35. The van der Waals surface area contributed by atoms with Crippen molar-refractivity contribution in [2.75, 3.05) is 40.9 Å². The molecule has 354 valence electrons. The first kappa shape index (κ1) is 58.7. The summed E-state index contributed by atoms with van der Waals surface area (Å²) in [6.45, 7) is 4.87. The third-order valence-corrected chi connectivity index (χ3v) is 12.4. The van der Waals surface area contributed by atoms with E-state index in [4.69, 9.17) is 9.05 Å². The van der Waals surface area contributed by atoms with Crippen molar-refractivity contribution in [2.24, 2.45) is 0 Å². The highest BCUT2D eigenvalue weighted by Crippen LogP contribution is 2.43. The normalized spacial score (nSPS) is 14.4. The molecule has 0 aromatic carbocycles. The Kier molecular flexibility index (Phi) is 42.1. The SMILES string of the molecule is CCCCCCC/C=C\C/C=C\C/C=C\CCCCCCCCCCCCCCC(=O)NC(COP(=O)(O)OCC[N+](C)(C)C)C(O)CCCCCCCCCCCCC. The third-order valence-electron chi connectivity index (χ3n) is 11.4. The predicted molar refractivity (Wildman–Crippen MR) is 258 cm³/mol. The summed E-state index contributed by atoms with van der Waals surface area (Å²) in [5.41, 5.74) is 0. The van der Waals surface area contributed by atoms with Gasteiger partial charge in [-0.3, -0.25) is 13.8 Å². The van der Waals surface area contributed by atoms with Gasteiger partial charge in [-0.25, -0.2) is 4.57 Å². The van der Waals surface area contributed by atoms with Gasteiger partial charge >= 0.3 is 7.82 Å². The molecule has 0 spiro atoms. The summed E-state index contributed by atoms with van der Waals surface area (Å²) in [7, 11) is 1.62. The number of carbonyl (C=O) groups is 1. The summed E-state index contributed by atoms with van der Waals surface area (Å²) in [4.78, 5) is 23.2. The van der Waals surface area contributed by atoms with E-state index in [0.717, 1.165) is 51.4 Å². The van der Waals surface area contributed by atoms with Crippen LogP contribution in [-0.2, 0) is 18.4 Å². The molecule has 0 aliphatic heterocycles. The van der Waals surface area contributed by atoms with Crippen LogP contribution in [0.2, 0.25) is 0 Å². The van der Waals surface area contributed by atoms with Crippen LogP contribution in [-0.4, -0.2) is 73.4 Å². The summed E-state index contributed by atoms with van der Waals surface area (Å²) in [5, 5.41) is 14.0. The molecular formula is C51H100N2O6P+. The predicted octanol–water partition coefficient (Wildman–Crippen LogP) is 14.6. The lowest BCUT2D eigenvalue weighted by Gasteiger charge is -2.26. The van der Waals surface area contributed by atoms with Gasteiger partial charge < -0.3 is 19.8 Å². The maximum absolute atomic E-state index is 12.9. The van der Waals surface area contributed by atoms with Gasteiger partial charge in [0.1, 0.15) is 13.2 Å². The van der Waals surface area contributed by atoms with E-state index >= 15 is 0 Å². The molecular weight excluding hydrogens is 768 g/mol. The molecule has 0 rings (SSSR count). The number of amides is 1. The van der Waals surface area contributed by atoms with Crippen molar-refractivity contribution in [1.29, 1.82) is 0 Å². The number of hydrogen-bond acceptors (Lipinski definition) is 5. The number of carbonyl (C=O) groups excluding carboxylic acids is 1. The molecule has 0 saturated heterocycles. The molecule has 0 aromatic heterocycles. The number of rotatable bonds is 46. The fraction of sp³-hybridized carbons (Fsp3) is 0.863. The van der Waals surface area contributed by atoms with E-state index < -0.39 is 20.0 Å². The van der Waals surface area contributed by atoms with E-state index in [1.165, 1.54) is 154 Å². The van der Waals surface area contributed by atoms with Crippen LogP contribution in [0.5, 0.6) is 0 Å². The molecule has 0 fully saturated rings. The van der Waals surface area contributed by atoms with Gasteiger partial charge in [0.25, 0.3) is 0 Å². The summed E-state index contributed by atoms with van der Waals surface area (Å²) in [6.07, 6.45) is 53.3. The molecule has 3 unspecified atom stereocenters. The number of quaternary nitrogens is 1. The molecule has 0 bridgehead atoms. The zero-order chi connectivity index (χ0) is 44.3. The zero-order valence-electron chi connectivity index (χ0n) is 40.2. The lowest BCUT2D eigenvalue weighted by atomic mass is 10.0. The van der Waals surface area contributed by atoms with Crippen molar-refractivity contribution < 1.29 is 32.9 Å². The number of aliphatic hydroxyl groups is 1. The number of allylic oxidation sites excluding steroid dienone is 6. The molecule has 0 radical (unpaired) electrons. The lowest BCUT2D eigenvalue weighted by Crippen LogP contribution is -2.46. The standard InChI is InChI=1S/C51H99N2O6P/c1-6-8-10-12-14-16-18-19-20-21-22-23-24-25-26-27-28-29-30-31-32-33-35-37-39-41-43-45-51(55)52-49(48-59-60(56,57)58-47-46-53(3,4)5)50(54)44-42-40-38-36-34-17-15-13-11-9-7-2/h18-19,21-22,24-25,49-50,54H,6-17,20,23,26-48H2,1-5H3,(H-,52,55,56,57)/p+1/b19-18-,22-21-,25-24-. The molecule has 0 aliphatic carbocycles. The average molecular weight is 868 g/mol. The van der Waals surface area contributed by atoms with E-state index in [1.54, 1.807) is 0 Å². The van der Waals surface area contributed by atoms with Crippen molar-refractivity contribution in [3.63, 3.8) is 0 Å². The van der Waals surface area contributed by atoms with Gasteiger partial charge in [-0.2, -0.15) is 0 Å². The zero-order valence-corrected chi connectivity index (χ0v) is 41.1. The first-order chi connectivity index (χ1) is 29.0. The minimum atomic E-state index is -4.31. The Morgan fingerprint density at radius 1 is 0.567 bits per heavy atom. The molecule has 3 N–H and O–H groups in total. The first-order valence-electron chi connectivity index (χ1n) is 25.4. The molecule has 0 aliphatic rings. The van der Waals surface area contributed by atoms with Crippen LogP contribution in [0.4, 0.5) is 0 Å². The maximum atomic E-state index is 12.9. The Morgan fingerprint density at radius 3 is 1.38 bits per heavy atom. The minimum absolute atomic E-state index is 0.0742. The molecule has 0 heterocycles. The number of nitrogens with zero attached hydrogens (tertiary/aromatic N) is 1. The van der Waals surface area contributed by atoms with Crippen molar-refractivity contribution in [1.82, 2.24) is 5.32 Å². The Balaban J connectivity index is 4.12. The number of aliphatic hydroxyl groups excluding tert-OH is 1. The highest BCUT2D eigenvalue weighted by atomic mass is 31.2. The van der Waals surface area contributed by atoms with E-state index in [0.29, 0.717) is 23.9 Å². The second-order valence-corrected chi connectivity index (χ2v) is 20.0. The van der Waals surface area contributed by atoms with Crippen LogP contribution >= 0.6 is 7.82 Å². The second-order valence-electron chi connectivity index (χ2n) is 18.5. The van der Waals surface area contributed by atoms with E-state index in [2.05, 4.69) is 55.6 Å². The third kappa shape index (κ3) is 44.8. The molecule has 0 saturated carbocycles. The summed E-state index contributed by atoms with van der Waals surface area (Å²) in [5.74, 6) is -0.147. The van der Waals surface area contributed by atoms with Gasteiger partial charge in [0.2, 0.25) is 5.91 Å². The Hall–Kier alpha value is -1.28.